The van der Waals surface area contributed by atoms with Crippen molar-refractivity contribution in [3.05, 3.63) is 12.1 Å². The van der Waals surface area contributed by atoms with Crippen LogP contribution in [0.3, 0.4) is 0 Å². The molecule has 0 unspecified atom stereocenters. The van der Waals surface area contributed by atoms with Gasteiger partial charge < -0.3 is 15.8 Å². The number of methoxy groups -OCH3 is 1. The predicted octanol–water partition coefficient (Wildman–Crippen LogP) is 2.87. The summed E-state index contributed by atoms with van der Waals surface area (Å²) in [5.41, 5.74) is 7.13. The van der Waals surface area contributed by atoms with Crippen LogP contribution in [0.2, 0.25) is 0 Å². The van der Waals surface area contributed by atoms with Gasteiger partial charge in [-0.1, -0.05) is 25.2 Å². The second-order valence-corrected chi connectivity index (χ2v) is 5.77. The van der Waals surface area contributed by atoms with Crippen molar-refractivity contribution in [3.8, 4) is 5.75 Å². The number of nitrogens with two attached hydrogens (primary N) is 1. The van der Waals surface area contributed by atoms with Gasteiger partial charge in [-0.2, -0.15) is 0 Å². The number of nitrogens with one attached hydrogen (secondary N) is 1. The van der Waals surface area contributed by atoms with Crippen molar-refractivity contribution in [2.75, 3.05) is 18.2 Å². The van der Waals surface area contributed by atoms with Gasteiger partial charge in [0.15, 0.2) is 5.13 Å². The fourth-order valence-electron chi connectivity index (χ4n) is 1.77. The van der Waals surface area contributed by atoms with Gasteiger partial charge in [-0.15, -0.1) is 0 Å². The van der Waals surface area contributed by atoms with Gasteiger partial charge in [-0.25, -0.2) is 4.98 Å². The quantitative estimate of drug-likeness (QED) is 0.844. The summed E-state index contributed by atoms with van der Waals surface area (Å²) in [7, 11) is 1.57. The molecule has 1 aromatic heterocycles. The lowest BCUT2D eigenvalue weighted by atomic mass is 10.1. The molecule has 2 aromatic rings. The Hall–Kier alpha value is -1.82. The zero-order valence-corrected chi connectivity index (χ0v) is 12.0. The molecule has 1 aromatic carbocycles. The monoisotopic (exact) mass is 279 g/mol. The first-order valence-electron chi connectivity index (χ1n) is 6.03. The van der Waals surface area contributed by atoms with E-state index in [1.54, 1.807) is 13.2 Å². The fourth-order valence-corrected chi connectivity index (χ4v) is 2.72. The van der Waals surface area contributed by atoms with E-state index in [0.717, 1.165) is 10.2 Å². The lowest BCUT2D eigenvalue weighted by molar-refractivity contribution is -0.116. The molecule has 5 nitrogen and oxygen atoms in total. The van der Waals surface area contributed by atoms with Gasteiger partial charge in [0.2, 0.25) is 5.91 Å². The highest BCUT2D eigenvalue weighted by atomic mass is 32.1. The molecular formula is C13H17N3O2S. The summed E-state index contributed by atoms with van der Waals surface area (Å²) in [5.74, 6) is 0.913. The minimum absolute atomic E-state index is 0.0269. The molecule has 0 saturated carbocycles. The van der Waals surface area contributed by atoms with Gasteiger partial charge in [0.05, 0.1) is 11.8 Å². The van der Waals surface area contributed by atoms with Crippen LogP contribution in [0.5, 0.6) is 5.75 Å². The summed E-state index contributed by atoms with van der Waals surface area (Å²) in [6.45, 7) is 4.00. The van der Waals surface area contributed by atoms with Crippen LogP contribution in [0.4, 0.5) is 10.8 Å². The number of rotatable bonds is 4. The van der Waals surface area contributed by atoms with Crippen LogP contribution in [0.25, 0.3) is 10.2 Å². The van der Waals surface area contributed by atoms with Crippen molar-refractivity contribution in [2.45, 2.75) is 20.3 Å². The molecule has 6 heteroatoms. The number of ether oxygens (including phenoxy) is 1. The number of carbonyl (C=O) groups is 1. The molecule has 0 fully saturated rings. The van der Waals surface area contributed by atoms with E-state index in [1.165, 1.54) is 11.3 Å². The normalized spacial score (nSPS) is 10.9. The minimum atomic E-state index is -0.0269. The Morgan fingerprint density at radius 2 is 2.26 bits per heavy atom. The molecule has 0 radical (unpaired) electrons. The number of fused-ring (bicyclic) bond motifs is 1. The van der Waals surface area contributed by atoms with E-state index in [1.807, 2.05) is 19.9 Å². The van der Waals surface area contributed by atoms with E-state index in [9.17, 15) is 4.79 Å². The molecule has 3 N–H and O–H groups in total. The van der Waals surface area contributed by atoms with Crippen LogP contribution >= 0.6 is 11.3 Å². The zero-order valence-electron chi connectivity index (χ0n) is 11.2. The van der Waals surface area contributed by atoms with Crippen LogP contribution in [0.1, 0.15) is 20.3 Å². The van der Waals surface area contributed by atoms with Crippen molar-refractivity contribution in [1.29, 1.82) is 0 Å². The number of benzene rings is 1. The van der Waals surface area contributed by atoms with Gasteiger partial charge in [-0.05, 0) is 12.0 Å². The van der Waals surface area contributed by atoms with Crippen molar-refractivity contribution in [2.24, 2.45) is 5.92 Å². The predicted molar refractivity (Wildman–Crippen MR) is 78.7 cm³/mol. The molecule has 0 saturated heterocycles. The first-order chi connectivity index (χ1) is 8.99. The number of amides is 1. The highest BCUT2D eigenvalue weighted by Gasteiger charge is 2.12. The fraction of sp³-hybridized carbons (Fsp3) is 0.385. The van der Waals surface area contributed by atoms with E-state index in [2.05, 4.69) is 10.3 Å². The van der Waals surface area contributed by atoms with Gasteiger partial charge in [0.25, 0.3) is 0 Å². The molecule has 102 valence electrons. The first-order valence-corrected chi connectivity index (χ1v) is 6.85. The van der Waals surface area contributed by atoms with E-state index >= 15 is 0 Å². The van der Waals surface area contributed by atoms with Gasteiger partial charge in [-0.3, -0.25) is 4.79 Å². The molecule has 0 aliphatic heterocycles. The van der Waals surface area contributed by atoms with Crippen LogP contribution < -0.4 is 15.8 Å². The maximum absolute atomic E-state index is 11.7. The number of hydrogen-bond acceptors (Lipinski definition) is 5. The van der Waals surface area contributed by atoms with E-state index in [4.69, 9.17) is 10.5 Å². The van der Waals surface area contributed by atoms with Crippen LogP contribution in [0.15, 0.2) is 12.1 Å². The Morgan fingerprint density at radius 1 is 1.53 bits per heavy atom. The number of anilines is 2. The van der Waals surface area contributed by atoms with E-state index < -0.39 is 0 Å². The van der Waals surface area contributed by atoms with Gasteiger partial charge in [0, 0.05) is 18.2 Å². The Kier molecular flexibility index (Phi) is 3.90. The molecule has 0 atom stereocenters. The van der Waals surface area contributed by atoms with Crippen molar-refractivity contribution < 1.29 is 9.53 Å². The van der Waals surface area contributed by atoms with Crippen molar-refractivity contribution in [3.63, 3.8) is 0 Å². The summed E-state index contributed by atoms with van der Waals surface area (Å²) in [6, 6.07) is 3.55. The number of thiazole rings is 1. The molecule has 0 bridgehead atoms. The number of nitrogen functional groups attached to an aromatic ring is 1. The summed E-state index contributed by atoms with van der Waals surface area (Å²) in [6.07, 6.45) is 0.481. The SMILES string of the molecule is COc1cc(N)cc2sc(NC(=O)CC(C)C)nc12. The van der Waals surface area contributed by atoms with Crippen LogP contribution in [-0.4, -0.2) is 18.0 Å². The maximum atomic E-state index is 11.7. The van der Waals surface area contributed by atoms with Gasteiger partial charge >= 0.3 is 0 Å². The second-order valence-electron chi connectivity index (χ2n) is 4.74. The Morgan fingerprint density at radius 3 is 2.89 bits per heavy atom. The molecule has 0 aliphatic carbocycles. The third-order valence-electron chi connectivity index (χ3n) is 2.54. The number of aromatic nitrogens is 1. The van der Waals surface area contributed by atoms with Crippen LogP contribution in [0, 0.1) is 5.92 Å². The van der Waals surface area contributed by atoms with E-state index in [0.29, 0.717) is 28.9 Å². The second kappa shape index (κ2) is 5.44. The molecule has 19 heavy (non-hydrogen) atoms. The van der Waals surface area contributed by atoms with Gasteiger partial charge in [0.1, 0.15) is 11.3 Å². The average molecular weight is 279 g/mol. The van der Waals surface area contributed by atoms with Crippen LogP contribution in [-0.2, 0) is 4.79 Å². The Bertz CT molecular complexity index is 607. The molecule has 2 rings (SSSR count). The zero-order chi connectivity index (χ0) is 14.0. The molecular weight excluding hydrogens is 262 g/mol. The molecule has 0 spiro atoms. The Labute approximate surface area is 115 Å². The minimum Gasteiger partial charge on any atom is -0.494 e. The summed E-state index contributed by atoms with van der Waals surface area (Å²) in [5, 5.41) is 3.38. The topological polar surface area (TPSA) is 77.2 Å². The first kappa shape index (κ1) is 13.6. The molecule has 1 heterocycles. The smallest absolute Gasteiger partial charge is 0.226 e. The lowest BCUT2D eigenvalue weighted by Crippen LogP contribution is -2.13. The van der Waals surface area contributed by atoms with Crippen molar-refractivity contribution >= 4 is 38.3 Å². The highest BCUT2D eigenvalue weighted by Crippen LogP contribution is 2.34. The Balaban J connectivity index is 2.29. The standard InChI is InChI=1S/C13H17N3O2S/c1-7(2)4-11(17)15-13-16-12-9(18-3)5-8(14)6-10(12)19-13/h5-7H,4,14H2,1-3H3,(H,15,16,17). The summed E-state index contributed by atoms with van der Waals surface area (Å²) >= 11 is 1.39. The number of nitrogens with zero attached hydrogens (tertiary/aromatic N) is 1. The van der Waals surface area contributed by atoms with E-state index in [-0.39, 0.29) is 5.91 Å². The average Bonchev–Trinajstić information content (AvgIpc) is 2.68. The third kappa shape index (κ3) is 3.14. The third-order valence-corrected chi connectivity index (χ3v) is 3.46. The summed E-state index contributed by atoms with van der Waals surface area (Å²) in [4.78, 5) is 16.1. The molecule has 0 aliphatic rings. The lowest BCUT2D eigenvalue weighted by Gasteiger charge is -2.03. The number of carbonyl (C=O) groups excluding carboxylic acids is 1. The maximum Gasteiger partial charge on any atom is 0.226 e. The summed E-state index contributed by atoms with van der Waals surface area (Å²) < 4.78 is 6.14. The van der Waals surface area contributed by atoms with Crippen molar-refractivity contribution in [1.82, 2.24) is 4.98 Å². The molecule has 1 amide bonds. The number of hydrogen-bond donors (Lipinski definition) is 2. The highest BCUT2D eigenvalue weighted by molar-refractivity contribution is 7.22. The largest absolute Gasteiger partial charge is 0.494 e.